The molecule has 0 saturated carbocycles. The van der Waals surface area contributed by atoms with Crippen LogP contribution < -0.4 is 10.6 Å². The zero-order valence-electron chi connectivity index (χ0n) is 10.5. The van der Waals surface area contributed by atoms with Crippen molar-refractivity contribution < 1.29 is 4.90 Å². The first-order valence-electron chi connectivity index (χ1n) is 6.25. The number of H-pyrrole nitrogens is 1. The molecule has 0 aromatic carbocycles. The van der Waals surface area contributed by atoms with E-state index in [2.05, 4.69) is 17.2 Å². The Morgan fingerprint density at radius 1 is 1.59 bits per heavy atom. The lowest BCUT2D eigenvalue weighted by molar-refractivity contribution is -0.911. The molecule has 1 unspecified atom stereocenters. The second kappa shape index (κ2) is 5.73. The van der Waals surface area contributed by atoms with Crippen LogP contribution in [0.15, 0.2) is 9.95 Å². The number of hydrogen-bond donors (Lipinski definition) is 2. The summed E-state index contributed by atoms with van der Waals surface area (Å²) in [6.07, 6.45) is 5.28. The molecule has 1 aromatic rings. The molecule has 0 radical (unpaired) electrons. The molecule has 0 bridgehead atoms. The number of aromatic amines is 1. The summed E-state index contributed by atoms with van der Waals surface area (Å²) in [5, 5.41) is 7.26. The molecule has 17 heavy (non-hydrogen) atoms. The molecule has 2 rings (SSSR count). The normalized spacial score (nSPS) is 25.1. The van der Waals surface area contributed by atoms with E-state index in [1.165, 1.54) is 32.2 Å². The maximum atomic E-state index is 11.2. The van der Waals surface area contributed by atoms with Gasteiger partial charge in [0, 0.05) is 19.2 Å². The number of quaternary nitrogens is 1. The topological polar surface area (TPSA) is 55.1 Å². The van der Waals surface area contributed by atoms with E-state index in [9.17, 15) is 4.79 Å². The van der Waals surface area contributed by atoms with Gasteiger partial charge in [0.2, 0.25) is 0 Å². The van der Waals surface area contributed by atoms with Crippen molar-refractivity contribution in [2.45, 2.75) is 36.9 Å². The Bertz CT molecular complexity index is 414. The minimum Gasteiger partial charge on any atom is -0.335 e. The van der Waals surface area contributed by atoms with E-state index >= 15 is 0 Å². The Morgan fingerprint density at radius 3 is 3.06 bits per heavy atom. The van der Waals surface area contributed by atoms with E-state index in [4.69, 9.17) is 0 Å². The maximum Gasteiger partial charge on any atom is 0.343 e. The minimum absolute atomic E-state index is 0.132. The summed E-state index contributed by atoms with van der Waals surface area (Å²) in [5.41, 5.74) is -0.132. The van der Waals surface area contributed by atoms with Gasteiger partial charge >= 0.3 is 5.69 Å². The van der Waals surface area contributed by atoms with E-state index in [0.29, 0.717) is 0 Å². The van der Waals surface area contributed by atoms with Crippen LogP contribution in [0.5, 0.6) is 0 Å². The van der Waals surface area contributed by atoms with E-state index < -0.39 is 0 Å². The number of rotatable bonds is 4. The summed E-state index contributed by atoms with van der Waals surface area (Å²) in [5.74, 6) is 1.04. The third-order valence-corrected chi connectivity index (χ3v) is 4.67. The molecular weight excluding hydrogens is 236 g/mol. The lowest BCUT2D eigenvalue weighted by Gasteiger charge is -2.29. The van der Waals surface area contributed by atoms with Crippen molar-refractivity contribution in [2.75, 3.05) is 19.3 Å². The van der Waals surface area contributed by atoms with Crippen molar-refractivity contribution in [3.8, 4) is 0 Å². The zero-order valence-corrected chi connectivity index (χ0v) is 11.3. The fourth-order valence-corrected chi connectivity index (χ4v) is 3.36. The fourth-order valence-electron chi connectivity index (χ4n) is 2.39. The van der Waals surface area contributed by atoms with Gasteiger partial charge in [-0.05, 0) is 19.3 Å². The molecule has 1 saturated heterocycles. The predicted octanol–water partition coefficient (Wildman–Crippen LogP) is -0.342. The molecule has 1 aliphatic rings. The molecule has 0 aliphatic carbocycles. The van der Waals surface area contributed by atoms with E-state index in [1.807, 2.05) is 0 Å². The largest absolute Gasteiger partial charge is 0.343 e. The van der Waals surface area contributed by atoms with Crippen LogP contribution >= 0.6 is 11.8 Å². The number of piperidine rings is 1. The van der Waals surface area contributed by atoms with Crippen LogP contribution in [-0.2, 0) is 7.05 Å². The van der Waals surface area contributed by atoms with E-state index in [-0.39, 0.29) is 5.69 Å². The summed E-state index contributed by atoms with van der Waals surface area (Å²) < 4.78 is 1.57. The molecule has 1 aromatic heterocycles. The van der Waals surface area contributed by atoms with Crippen LogP contribution in [0, 0.1) is 0 Å². The molecule has 2 heterocycles. The highest BCUT2D eigenvalue weighted by atomic mass is 32.2. The summed E-state index contributed by atoms with van der Waals surface area (Å²) in [6.45, 7) is 1.30. The predicted molar refractivity (Wildman–Crippen MR) is 68.6 cm³/mol. The first-order chi connectivity index (χ1) is 8.18. The van der Waals surface area contributed by atoms with Crippen molar-refractivity contribution in [1.29, 1.82) is 0 Å². The second-order valence-electron chi connectivity index (χ2n) is 4.80. The minimum atomic E-state index is -0.132. The van der Waals surface area contributed by atoms with Gasteiger partial charge in [0.05, 0.1) is 19.6 Å². The highest BCUT2D eigenvalue weighted by Crippen LogP contribution is 2.15. The lowest BCUT2D eigenvalue weighted by Crippen LogP contribution is -3.13. The van der Waals surface area contributed by atoms with Crippen LogP contribution in [0.25, 0.3) is 0 Å². The molecule has 6 heteroatoms. The monoisotopic (exact) mass is 257 g/mol. The highest BCUT2D eigenvalue weighted by Gasteiger charge is 2.22. The second-order valence-corrected chi connectivity index (χ2v) is 5.86. The Hall–Kier alpha value is -0.750. The van der Waals surface area contributed by atoms with Crippen molar-refractivity contribution in [2.24, 2.45) is 7.05 Å². The van der Waals surface area contributed by atoms with Gasteiger partial charge in [0.1, 0.15) is 0 Å². The van der Waals surface area contributed by atoms with Gasteiger partial charge in [-0.2, -0.15) is 0 Å². The summed E-state index contributed by atoms with van der Waals surface area (Å²) in [6, 6.07) is 0.784. The first-order valence-corrected chi connectivity index (χ1v) is 7.23. The molecule has 2 atom stereocenters. The summed E-state index contributed by atoms with van der Waals surface area (Å²) in [7, 11) is 4.05. The molecule has 5 nitrogen and oxygen atoms in total. The third kappa shape index (κ3) is 3.13. The number of nitrogens with one attached hydrogen (secondary N) is 2. The van der Waals surface area contributed by atoms with Crippen LogP contribution in [-0.4, -0.2) is 40.2 Å². The summed E-state index contributed by atoms with van der Waals surface area (Å²) >= 11 is 1.67. The van der Waals surface area contributed by atoms with Crippen molar-refractivity contribution >= 4 is 11.8 Å². The Morgan fingerprint density at radius 2 is 2.41 bits per heavy atom. The molecule has 0 spiro atoms. The van der Waals surface area contributed by atoms with Gasteiger partial charge in [0.25, 0.3) is 0 Å². The smallest absolute Gasteiger partial charge is 0.335 e. The van der Waals surface area contributed by atoms with Gasteiger partial charge in [0.15, 0.2) is 5.16 Å². The molecule has 1 aliphatic heterocycles. The first kappa shape index (κ1) is 12.7. The molecule has 1 fully saturated rings. The van der Waals surface area contributed by atoms with Crippen LogP contribution in [0.1, 0.15) is 25.7 Å². The van der Waals surface area contributed by atoms with E-state index in [1.54, 1.807) is 28.3 Å². The third-order valence-electron chi connectivity index (χ3n) is 3.61. The fraction of sp³-hybridized carbons (Fsp3) is 0.818. The molecule has 96 valence electrons. The average Bonchev–Trinajstić information content (AvgIpc) is 2.63. The lowest BCUT2D eigenvalue weighted by atomic mass is 10.0. The van der Waals surface area contributed by atoms with Crippen LogP contribution in [0.2, 0.25) is 0 Å². The van der Waals surface area contributed by atoms with Crippen molar-refractivity contribution in [3.63, 3.8) is 0 Å². The highest BCUT2D eigenvalue weighted by molar-refractivity contribution is 7.99. The zero-order chi connectivity index (χ0) is 12.3. The number of likely N-dealkylation sites (tertiary alicyclic amines) is 1. The van der Waals surface area contributed by atoms with Gasteiger partial charge in [-0.1, -0.05) is 11.8 Å². The number of thioether (sulfide) groups is 1. The van der Waals surface area contributed by atoms with Crippen molar-refractivity contribution in [1.82, 2.24) is 14.8 Å². The van der Waals surface area contributed by atoms with Crippen molar-refractivity contribution in [3.05, 3.63) is 10.5 Å². The Kier molecular flexibility index (Phi) is 4.28. The maximum absolute atomic E-state index is 11.2. The number of hydrogen-bond acceptors (Lipinski definition) is 3. The Labute approximate surface area is 106 Å². The SMILES string of the molecule is Cn1c(SCC[C@H]2CCCC[NH+]2C)n[nH]c1=O. The van der Waals surface area contributed by atoms with Crippen LogP contribution in [0.4, 0.5) is 0 Å². The van der Waals surface area contributed by atoms with E-state index in [0.717, 1.165) is 17.0 Å². The van der Waals surface area contributed by atoms with Crippen LogP contribution in [0.3, 0.4) is 0 Å². The molecule has 0 amide bonds. The average molecular weight is 257 g/mol. The Balaban J connectivity index is 1.79. The summed E-state index contributed by atoms with van der Waals surface area (Å²) in [4.78, 5) is 12.8. The van der Waals surface area contributed by atoms with Gasteiger partial charge in [-0.25, -0.2) is 9.89 Å². The van der Waals surface area contributed by atoms with Gasteiger partial charge < -0.3 is 4.90 Å². The van der Waals surface area contributed by atoms with Gasteiger partial charge in [-0.3, -0.25) is 4.57 Å². The molecular formula is C11H21N4OS+. The standard InChI is InChI=1S/C11H20N4OS/c1-14-7-4-3-5-9(14)6-8-17-11-13-12-10(16)15(11)2/h9H,3-8H2,1-2H3,(H,12,16)/p+1/t9-/m1/s1. The number of aromatic nitrogens is 3. The quantitative estimate of drug-likeness (QED) is 0.726. The number of nitrogens with zero attached hydrogens (tertiary/aromatic N) is 2. The molecule has 2 N–H and O–H groups in total. The van der Waals surface area contributed by atoms with Gasteiger partial charge in [-0.15, -0.1) is 5.10 Å².